The number of amides is 1. The van der Waals surface area contributed by atoms with Crippen LogP contribution < -0.4 is 5.32 Å². The van der Waals surface area contributed by atoms with E-state index in [0.29, 0.717) is 17.3 Å². The maximum absolute atomic E-state index is 13.0. The minimum atomic E-state index is -4.43. The number of benzene rings is 1. The lowest BCUT2D eigenvalue weighted by Crippen LogP contribution is -2.21. The highest BCUT2D eigenvalue weighted by Crippen LogP contribution is 2.58. The van der Waals surface area contributed by atoms with Gasteiger partial charge in [0, 0.05) is 15.7 Å². The fourth-order valence-corrected chi connectivity index (χ4v) is 2.86. The molecule has 1 aliphatic carbocycles. The van der Waals surface area contributed by atoms with Crippen LogP contribution in [0.25, 0.3) is 0 Å². The molecule has 1 heterocycles. The zero-order chi connectivity index (χ0) is 12.4. The molecule has 0 aromatic heterocycles. The van der Waals surface area contributed by atoms with Crippen molar-refractivity contribution >= 4 is 27.5 Å². The lowest BCUT2D eigenvalue weighted by Gasteiger charge is -2.15. The van der Waals surface area contributed by atoms with Crippen LogP contribution in [-0.4, -0.2) is 5.91 Å². The second-order valence-electron chi connectivity index (χ2n) is 4.41. The van der Waals surface area contributed by atoms with Crippen molar-refractivity contribution in [3.8, 4) is 0 Å². The quantitative estimate of drug-likeness (QED) is 0.781. The standard InChI is InChI=1S/C11H7BrF3NO/c12-5-3-6(11(13,14)15)8-7(4-5)16-9(17)10(8)1-2-10/h3-4H,1-2H2,(H,16,17). The van der Waals surface area contributed by atoms with E-state index in [1.807, 2.05) is 0 Å². The van der Waals surface area contributed by atoms with Crippen LogP contribution in [0.5, 0.6) is 0 Å². The summed E-state index contributed by atoms with van der Waals surface area (Å²) in [5.41, 5.74) is -1.22. The predicted octanol–water partition coefficient (Wildman–Crippen LogP) is 3.45. The van der Waals surface area contributed by atoms with Gasteiger partial charge in [-0.25, -0.2) is 0 Å². The predicted molar refractivity (Wildman–Crippen MR) is 58.7 cm³/mol. The van der Waals surface area contributed by atoms with Gasteiger partial charge >= 0.3 is 6.18 Å². The van der Waals surface area contributed by atoms with Gasteiger partial charge in [-0.2, -0.15) is 13.2 Å². The van der Waals surface area contributed by atoms with E-state index < -0.39 is 17.2 Å². The molecule has 2 nitrogen and oxygen atoms in total. The van der Waals surface area contributed by atoms with Gasteiger partial charge in [-0.15, -0.1) is 0 Å². The van der Waals surface area contributed by atoms with Crippen LogP contribution >= 0.6 is 15.9 Å². The van der Waals surface area contributed by atoms with Crippen molar-refractivity contribution in [1.82, 2.24) is 0 Å². The second kappa shape index (κ2) is 3.04. The number of carbonyl (C=O) groups is 1. The number of hydrogen-bond acceptors (Lipinski definition) is 1. The molecule has 1 aromatic rings. The maximum atomic E-state index is 13.0. The van der Waals surface area contributed by atoms with Gasteiger partial charge in [-0.1, -0.05) is 15.9 Å². The number of hydrogen-bond donors (Lipinski definition) is 1. The topological polar surface area (TPSA) is 29.1 Å². The van der Waals surface area contributed by atoms with Crippen molar-refractivity contribution < 1.29 is 18.0 Å². The highest BCUT2D eigenvalue weighted by atomic mass is 79.9. The number of alkyl halides is 3. The maximum Gasteiger partial charge on any atom is 0.416 e. The summed E-state index contributed by atoms with van der Waals surface area (Å²) in [5.74, 6) is -0.309. The van der Waals surface area contributed by atoms with Gasteiger partial charge in [0.25, 0.3) is 0 Å². The molecule has 1 aromatic carbocycles. The van der Waals surface area contributed by atoms with E-state index in [1.54, 1.807) is 0 Å². The summed E-state index contributed by atoms with van der Waals surface area (Å²) in [4.78, 5) is 11.7. The third kappa shape index (κ3) is 1.43. The first-order valence-electron chi connectivity index (χ1n) is 5.07. The van der Waals surface area contributed by atoms with Gasteiger partial charge in [-0.3, -0.25) is 4.79 Å². The van der Waals surface area contributed by atoms with Crippen LogP contribution in [0.3, 0.4) is 0 Å². The second-order valence-corrected chi connectivity index (χ2v) is 5.33. The average molecular weight is 306 g/mol. The fraction of sp³-hybridized carbons (Fsp3) is 0.364. The molecule has 90 valence electrons. The molecule has 1 saturated carbocycles. The molecule has 0 bridgehead atoms. The number of carbonyl (C=O) groups excluding carboxylic acids is 1. The van der Waals surface area contributed by atoms with Crippen LogP contribution in [0.4, 0.5) is 18.9 Å². The largest absolute Gasteiger partial charge is 0.416 e. The van der Waals surface area contributed by atoms with Crippen LogP contribution in [-0.2, 0) is 16.4 Å². The van der Waals surface area contributed by atoms with Crippen molar-refractivity contribution in [1.29, 1.82) is 0 Å². The molecule has 0 atom stereocenters. The number of halogens is 4. The molecule has 1 spiro atoms. The number of nitrogens with one attached hydrogen (secondary N) is 1. The van der Waals surface area contributed by atoms with Crippen LogP contribution in [0.2, 0.25) is 0 Å². The Balaban J connectivity index is 2.29. The van der Waals surface area contributed by atoms with Crippen molar-refractivity contribution in [2.24, 2.45) is 0 Å². The molecule has 2 aliphatic rings. The third-order valence-electron chi connectivity index (χ3n) is 3.32. The highest BCUT2D eigenvalue weighted by molar-refractivity contribution is 9.10. The molecule has 6 heteroatoms. The molecular formula is C11H7BrF3NO. The molecule has 0 unspecified atom stereocenters. The smallest absolute Gasteiger partial charge is 0.325 e. The van der Waals surface area contributed by atoms with Gasteiger partial charge < -0.3 is 5.32 Å². The summed E-state index contributed by atoms with van der Waals surface area (Å²) >= 11 is 3.03. The molecule has 0 radical (unpaired) electrons. The molecule has 3 rings (SSSR count). The molecule has 17 heavy (non-hydrogen) atoms. The Morgan fingerprint density at radius 2 is 1.94 bits per heavy atom. The lowest BCUT2D eigenvalue weighted by atomic mass is 9.92. The van der Waals surface area contributed by atoms with E-state index >= 15 is 0 Å². The van der Waals surface area contributed by atoms with E-state index in [1.165, 1.54) is 6.07 Å². The van der Waals surface area contributed by atoms with Crippen molar-refractivity contribution in [2.75, 3.05) is 5.32 Å². The van der Waals surface area contributed by atoms with Crippen molar-refractivity contribution in [3.63, 3.8) is 0 Å². The molecule has 1 fully saturated rings. The van der Waals surface area contributed by atoms with Gasteiger partial charge in [-0.05, 0) is 25.0 Å². The van der Waals surface area contributed by atoms with E-state index in [-0.39, 0.29) is 17.2 Å². The summed E-state index contributed by atoms with van der Waals surface area (Å²) in [6.45, 7) is 0. The first kappa shape index (κ1) is 11.1. The molecule has 0 saturated heterocycles. The van der Waals surface area contributed by atoms with Crippen LogP contribution in [0, 0.1) is 0 Å². The minimum Gasteiger partial charge on any atom is -0.325 e. The third-order valence-corrected chi connectivity index (χ3v) is 3.78. The van der Waals surface area contributed by atoms with E-state index in [2.05, 4.69) is 21.2 Å². The van der Waals surface area contributed by atoms with Gasteiger partial charge in [0.1, 0.15) is 0 Å². The Kier molecular flexibility index (Phi) is 1.98. The summed E-state index contributed by atoms with van der Waals surface area (Å²) in [5, 5.41) is 2.53. The van der Waals surface area contributed by atoms with E-state index in [9.17, 15) is 18.0 Å². The van der Waals surface area contributed by atoms with Crippen molar-refractivity contribution in [3.05, 3.63) is 27.7 Å². The van der Waals surface area contributed by atoms with E-state index in [4.69, 9.17) is 0 Å². The first-order chi connectivity index (χ1) is 7.84. The Hall–Kier alpha value is -1.04. The fourth-order valence-electron chi connectivity index (χ4n) is 2.40. The first-order valence-corrected chi connectivity index (χ1v) is 5.86. The summed E-state index contributed by atoms with van der Waals surface area (Å²) in [6, 6.07) is 2.56. The van der Waals surface area contributed by atoms with Crippen LogP contribution in [0.1, 0.15) is 24.0 Å². The molecule has 1 N–H and O–H groups in total. The molecule has 1 aliphatic heterocycles. The Morgan fingerprint density at radius 3 is 2.47 bits per heavy atom. The number of anilines is 1. The zero-order valence-corrected chi connectivity index (χ0v) is 10.1. The van der Waals surface area contributed by atoms with E-state index in [0.717, 1.165) is 6.07 Å². The zero-order valence-electron chi connectivity index (χ0n) is 8.49. The van der Waals surface area contributed by atoms with Crippen molar-refractivity contribution in [2.45, 2.75) is 24.4 Å². The summed E-state index contributed by atoms with van der Waals surface area (Å²) in [7, 11) is 0. The Bertz CT molecular complexity index is 534. The SMILES string of the molecule is O=C1Nc2cc(Br)cc(C(F)(F)F)c2C12CC2. The van der Waals surface area contributed by atoms with Gasteiger partial charge in [0.05, 0.1) is 11.0 Å². The lowest BCUT2D eigenvalue weighted by molar-refractivity contribution is -0.138. The number of fused-ring (bicyclic) bond motifs is 2. The molecular weight excluding hydrogens is 299 g/mol. The summed E-state index contributed by atoms with van der Waals surface area (Å²) < 4.78 is 39.2. The van der Waals surface area contributed by atoms with Gasteiger partial charge in [0.15, 0.2) is 0 Å². The van der Waals surface area contributed by atoms with Crippen LogP contribution in [0.15, 0.2) is 16.6 Å². The monoisotopic (exact) mass is 305 g/mol. The minimum absolute atomic E-state index is 0.123. The number of rotatable bonds is 0. The normalized spacial score (nSPS) is 20.4. The highest BCUT2D eigenvalue weighted by Gasteiger charge is 2.59. The van der Waals surface area contributed by atoms with Gasteiger partial charge in [0.2, 0.25) is 5.91 Å². The Morgan fingerprint density at radius 1 is 1.29 bits per heavy atom. The molecule has 1 amide bonds. The average Bonchev–Trinajstić information content (AvgIpc) is 2.90. The summed E-state index contributed by atoms with van der Waals surface area (Å²) in [6.07, 6.45) is -3.44. The Labute approximate surface area is 103 Å².